The van der Waals surface area contributed by atoms with E-state index in [1.165, 1.54) is 4.88 Å². The van der Waals surface area contributed by atoms with Gasteiger partial charge in [-0.05, 0) is 45.0 Å². The summed E-state index contributed by atoms with van der Waals surface area (Å²) in [5.74, 6) is 0.581. The number of carbonyl (C=O) groups excluding carboxylic acids is 1. The van der Waals surface area contributed by atoms with Crippen LogP contribution in [0, 0.1) is 13.8 Å². The Hall–Kier alpha value is -1.39. The molecular formula is C18H25ClIN5OS. The molecule has 1 amide bonds. The van der Waals surface area contributed by atoms with Crippen molar-refractivity contribution in [1.82, 2.24) is 20.9 Å². The van der Waals surface area contributed by atoms with Crippen LogP contribution >= 0.6 is 46.9 Å². The summed E-state index contributed by atoms with van der Waals surface area (Å²) in [4.78, 5) is 22.3. The van der Waals surface area contributed by atoms with Gasteiger partial charge in [0.25, 0.3) is 5.91 Å². The molecule has 0 bridgehead atoms. The lowest BCUT2D eigenvalue weighted by Gasteiger charge is -2.11. The Morgan fingerprint density at radius 1 is 1.15 bits per heavy atom. The average Bonchev–Trinajstić information content (AvgIpc) is 2.94. The maximum absolute atomic E-state index is 12.0. The highest BCUT2D eigenvalue weighted by Gasteiger charge is 2.06. The molecule has 0 saturated heterocycles. The zero-order valence-corrected chi connectivity index (χ0v) is 19.5. The van der Waals surface area contributed by atoms with Crippen LogP contribution in [0.5, 0.6) is 0 Å². The zero-order valence-electron chi connectivity index (χ0n) is 15.6. The number of aryl methyl sites for hydroxylation is 2. The Morgan fingerprint density at radius 2 is 1.81 bits per heavy atom. The normalized spacial score (nSPS) is 10.9. The van der Waals surface area contributed by atoms with Crippen molar-refractivity contribution in [1.29, 1.82) is 0 Å². The molecule has 0 aliphatic rings. The van der Waals surface area contributed by atoms with Crippen LogP contribution in [-0.4, -0.2) is 36.5 Å². The predicted octanol–water partition coefficient (Wildman–Crippen LogP) is 3.52. The van der Waals surface area contributed by atoms with Gasteiger partial charge in [-0.15, -0.1) is 35.3 Å². The number of aliphatic imine (C=N–C) groups is 1. The van der Waals surface area contributed by atoms with Crippen LogP contribution in [-0.2, 0) is 6.54 Å². The van der Waals surface area contributed by atoms with Crippen molar-refractivity contribution >= 4 is 58.8 Å². The third-order valence-corrected chi connectivity index (χ3v) is 4.91. The molecule has 0 fully saturated rings. The van der Waals surface area contributed by atoms with Crippen molar-refractivity contribution in [3.63, 3.8) is 0 Å². The molecule has 0 aliphatic heterocycles. The number of hydrogen-bond donors (Lipinski definition) is 3. The second kappa shape index (κ2) is 12.1. The van der Waals surface area contributed by atoms with E-state index in [-0.39, 0.29) is 29.9 Å². The molecule has 0 aliphatic carbocycles. The summed E-state index contributed by atoms with van der Waals surface area (Å²) in [6.07, 6.45) is 0. The molecule has 148 valence electrons. The summed E-state index contributed by atoms with van der Waals surface area (Å²) in [5, 5.41) is 10.9. The van der Waals surface area contributed by atoms with E-state index in [0.29, 0.717) is 36.2 Å². The Morgan fingerprint density at radius 3 is 2.41 bits per heavy atom. The maximum atomic E-state index is 12.0. The highest BCUT2D eigenvalue weighted by Crippen LogP contribution is 2.16. The first-order valence-electron chi connectivity index (χ1n) is 8.48. The number of benzene rings is 1. The molecule has 1 heterocycles. The number of rotatable bonds is 7. The second-order valence-electron chi connectivity index (χ2n) is 5.63. The minimum absolute atomic E-state index is 0. The largest absolute Gasteiger partial charge is 0.357 e. The second-order valence-corrected chi connectivity index (χ2v) is 7.36. The van der Waals surface area contributed by atoms with Crippen LogP contribution in [0.2, 0.25) is 5.02 Å². The van der Waals surface area contributed by atoms with Gasteiger partial charge >= 0.3 is 0 Å². The van der Waals surface area contributed by atoms with Crippen molar-refractivity contribution in [2.45, 2.75) is 27.3 Å². The number of carbonyl (C=O) groups is 1. The molecule has 9 heteroatoms. The highest BCUT2D eigenvalue weighted by atomic mass is 127. The predicted molar refractivity (Wildman–Crippen MR) is 124 cm³/mol. The molecule has 3 N–H and O–H groups in total. The Labute approximate surface area is 186 Å². The van der Waals surface area contributed by atoms with Crippen molar-refractivity contribution in [3.05, 3.63) is 50.4 Å². The molecule has 27 heavy (non-hydrogen) atoms. The van der Waals surface area contributed by atoms with Gasteiger partial charge in [0.1, 0.15) is 5.01 Å². The molecule has 0 radical (unpaired) electrons. The molecule has 1 aromatic heterocycles. The Balaban J connectivity index is 0.00000364. The van der Waals surface area contributed by atoms with Crippen LogP contribution in [0.25, 0.3) is 0 Å². The van der Waals surface area contributed by atoms with E-state index in [1.807, 2.05) is 13.8 Å². The van der Waals surface area contributed by atoms with Crippen LogP contribution in [0.4, 0.5) is 0 Å². The Kier molecular flexibility index (Phi) is 10.6. The van der Waals surface area contributed by atoms with Gasteiger partial charge in [0.05, 0.1) is 12.2 Å². The van der Waals surface area contributed by atoms with E-state index >= 15 is 0 Å². The van der Waals surface area contributed by atoms with Crippen LogP contribution < -0.4 is 16.0 Å². The van der Waals surface area contributed by atoms with Gasteiger partial charge in [0.2, 0.25) is 0 Å². The maximum Gasteiger partial charge on any atom is 0.251 e. The number of nitrogens with one attached hydrogen (secondary N) is 3. The SMILES string of the molecule is CCNC(=NCc1nc(C)c(C)s1)NCCNC(=O)c1ccc(Cl)cc1.I. The van der Waals surface area contributed by atoms with E-state index in [9.17, 15) is 4.79 Å². The topological polar surface area (TPSA) is 78.4 Å². The fraction of sp³-hybridized carbons (Fsp3) is 0.389. The molecule has 0 unspecified atom stereocenters. The third-order valence-electron chi connectivity index (χ3n) is 3.60. The summed E-state index contributed by atoms with van der Waals surface area (Å²) in [6, 6.07) is 6.81. The quantitative estimate of drug-likeness (QED) is 0.225. The molecule has 6 nitrogen and oxygen atoms in total. The molecule has 0 spiro atoms. The van der Waals surface area contributed by atoms with Crippen LogP contribution in [0.3, 0.4) is 0 Å². The monoisotopic (exact) mass is 521 g/mol. The lowest BCUT2D eigenvalue weighted by molar-refractivity contribution is 0.0954. The molecular weight excluding hydrogens is 497 g/mol. The first-order chi connectivity index (χ1) is 12.5. The summed E-state index contributed by atoms with van der Waals surface area (Å²) >= 11 is 7.49. The minimum atomic E-state index is -0.126. The fourth-order valence-electron chi connectivity index (χ4n) is 2.16. The van der Waals surface area contributed by atoms with Gasteiger partial charge in [-0.25, -0.2) is 9.98 Å². The highest BCUT2D eigenvalue weighted by molar-refractivity contribution is 14.0. The first-order valence-corrected chi connectivity index (χ1v) is 9.68. The number of nitrogens with zero attached hydrogens (tertiary/aromatic N) is 2. The molecule has 0 saturated carbocycles. The average molecular weight is 522 g/mol. The molecule has 2 aromatic rings. The van der Waals surface area contributed by atoms with Gasteiger partial charge < -0.3 is 16.0 Å². The van der Waals surface area contributed by atoms with Crippen molar-refractivity contribution in [2.24, 2.45) is 4.99 Å². The van der Waals surface area contributed by atoms with E-state index in [0.717, 1.165) is 17.2 Å². The third kappa shape index (κ3) is 8.02. The smallest absolute Gasteiger partial charge is 0.251 e. The van der Waals surface area contributed by atoms with E-state index < -0.39 is 0 Å². The van der Waals surface area contributed by atoms with E-state index in [1.54, 1.807) is 35.6 Å². The summed E-state index contributed by atoms with van der Waals surface area (Å²) < 4.78 is 0. The van der Waals surface area contributed by atoms with Crippen molar-refractivity contribution in [2.75, 3.05) is 19.6 Å². The Bertz CT molecular complexity index is 744. The lowest BCUT2D eigenvalue weighted by Crippen LogP contribution is -2.41. The van der Waals surface area contributed by atoms with Crippen molar-refractivity contribution < 1.29 is 4.79 Å². The first kappa shape index (κ1) is 23.6. The van der Waals surface area contributed by atoms with Gasteiger partial charge in [-0.1, -0.05) is 11.6 Å². The van der Waals surface area contributed by atoms with Gasteiger partial charge in [0.15, 0.2) is 5.96 Å². The van der Waals surface area contributed by atoms with Gasteiger partial charge in [0, 0.05) is 35.1 Å². The summed E-state index contributed by atoms with van der Waals surface area (Å²) in [7, 11) is 0. The van der Waals surface area contributed by atoms with Crippen molar-refractivity contribution in [3.8, 4) is 0 Å². The fourth-order valence-corrected chi connectivity index (χ4v) is 3.14. The van der Waals surface area contributed by atoms with Gasteiger partial charge in [-0.2, -0.15) is 0 Å². The molecule has 0 atom stereocenters. The molecule has 2 rings (SSSR count). The lowest BCUT2D eigenvalue weighted by atomic mass is 10.2. The number of amides is 1. The van der Waals surface area contributed by atoms with Crippen LogP contribution in [0.1, 0.15) is 32.9 Å². The van der Waals surface area contributed by atoms with Crippen LogP contribution in [0.15, 0.2) is 29.3 Å². The zero-order chi connectivity index (χ0) is 18.9. The van der Waals surface area contributed by atoms with Gasteiger partial charge in [-0.3, -0.25) is 4.79 Å². The minimum Gasteiger partial charge on any atom is -0.357 e. The number of hydrogen-bond acceptors (Lipinski definition) is 4. The number of aromatic nitrogens is 1. The summed E-state index contributed by atoms with van der Waals surface area (Å²) in [5.41, 5.74) is 1.65. The van der Waals surface area contributed by atoms with E-state index in [4.69, 9.17) is 11.6 Å². The summed E-state index contributed by atoms with van der Waals surface area (Å²) in [6.45, 7) is 8.43. The number of thiazole rings is 1. The van der Waals surface area contributed by atoms with E-state index in [2.05, 4.69) is 32.9 Å². The number of guanidine groups is 1. The number of halogens is 2. The standard InChI is InChI=1S/C18H24ClN5OS.HI/c1-4-20-18(23-11-16-24-12(2)13(3)26-16)22-10-9-21-17(25)14-5-7-15(19)8-6-14;/h5-8H,4,9-11H2,1-3H3,(H,21,25)(H2,20,22,23);1H. The molecule has 1 aromatic carbocycles.